The molecular weight excluding hydrogens is 465 g/mol. The topological polar surface area (TPSA) is 57.2 Å². The fraction of sp³-hybridized carbons (Fsp3) is 0.435. The van der Waals surface area contributed by atoms with E-state index in [4.69, 9.17) is 18.9 Å². The van der Waals surface area contributed by atoms with Crippen LogP contribution in [0.3, 0.4) is 0 Å². The normalized spacial score (nSPS) is 22.4. The van der Waals surface area contributed by atoms with Gasteiger partial charge in [0.05, 0.1) is 26.7 Å². The van der Waals surface area contributed by atoms with Crippen LogP contribution < -0.4 is 9.47 Å². The summed E-state index contributed by atoms with van der Waals surface area (Å²) in [6, 6.07) is 7.30. The number of nitrogens with zero attached hydrogens (tertiary/aromatic N) is 1. The Morgan fingerprint density at radius 2 is 1.97 bits per heavy atom. The first-order valence-corrected chi connectivity index (χ1v) is 10.5. The molecule has 0 N–H and O–H groups in total. The van der Waals surface area contributed by atoms with Crippen LogP contribution in [0.5, 0.6) is 11.5 Å². The summed E-state index contributed by atoms with van der Waals surface area (Å²) in [6.07, 6.45) is -6.01. The van der Waals surface area contributed by atoms with Crippen molar-refractivity contribution in [2.45, 2.75) is 30.7 Å². The van der Waals surface area contributed by atoms with Crippen LogP contribution >= 0.6 is 0 Å². The SMILES string of the molecule is COc1cc(C(=O)N2CC[C@]3(c4cc(F)ccc4F)OCOC3C2)ccc1OCCC(F)(F)F. The lowest BCUT2D eigenvalue weighted by Gasteiger charge is -2.42. The van der Waals surface area contributed by atoms with E-state index >= 15 is 0 Å². The summed E-state index contributed by atoms with van der Waals surface area (Å²) in [7, 11) is 1.31. The number of methoxy groups -OCH3 is 1. The molecule has 0 spiro atoms. The van der Waals surface area contributed by atoms with Gasteiger partial charge in [-0.25, -0.2) is 8.78 Å². The van der Waals surface area contributed by atoms with E-state index in [1.807, 2.05) is 0 Å². The van der Waals surface area contributed by atoms with Crippen LogP contribution in [0.25, 0.3) is 0 Å². The number of rotatable bonds is 6. The summed E-state index contributed by atoms with van der Waals surface area (Å²) in [5, 5.41) is 0. The second-order valence-electron chi connectivity index (χ2n) is 8.01. The fourth-order valence-corrected chi connectivity index (χ4v) is 4.25. The summed E-state index contributed by atoms with van der Waals surface area (Å²) in [5.41, 5.74) is -0.941. The molecule has 0 aliphatic carbocycles. The van der Waals surface area contributed by atoms with E-state index in [1.165, 1.54) is 30.2 Å². The zero-order chi connectivity index (χ0) is 24.5. The van der Waals surface area contributed by atoms with Crippen molar-refractivity contribution < 1.29 is 45.7 Å². The minimum absolute atomic E-state index is 0.0455. The first-order valence-electron chi connectivity index (χ1n) is 10.5. The summed E-state index contributed by atoms with van der Waals surface area (Å²) in [6.45, 7) is -0.459. The van der Waals surface area contributed by atoms with Gasteiger partial charge in [0, 0.05) is 24.1 Å². The zero-order valence-corrected chi connectivity index (χ0v) is 18.2. The quantitative estimate of drug-likeness (QED) is 0.565. The second kappa shape index (κ2) is 9.38. The fourth-order valence-electron chi connectivity index (χ4n) is 4.25. The number of likely N-dealkylation sites (tertiary alicyclic amines) is 1. The molecule has 34 heavy (non-hydrogen) atoms. The Bertz CT molecular complexity index is 1060. The Morgan fingerprint density at radius 1 is 1.18 bits per heavy atom. The van der Waals surface area contributed by atoms with Crippen LogP contribution in [0.2, 0.25) is 0 Å². The smallest absolute Gasteiger partial charge is 0.392 e. The molecule has 184 valence electrons. The summed E-state index contributed by atoms with van der Waals surface area (Å²) in [5.74, 6) is -1.42. The van der Waals surface area contributed by atoms with Crippen LogP contribution in [-0.4, -0.2) is 56.7 Å². The number of piperidine rings is 1. The monoisotopic (exact) mass is 487 g/mol. The molecule has 2 aliphatic rings. The molecule has 4 rings (SSSR count). The average molecular weight is 487 g/mol. The van der Waals surface area contributed by atoms with E-state index in [1.54, 1.807) is 0 Å². The average Bonchev–Trinajstić information content (AvgIpc) is 3.23. The number of amides is 1. The third-order valence-electron chi connectivity index (χ3n) is 5.97. The molecule has 2 atom stereocenters. The van der Waals surface area contributed by atoms with Gasteiger partial charge in [0.25, 0.3) is 5.91 Å². The Labute approximate surface area is 192 Å². The van der Waals surface area contributed by atoms with Gasteiger partial charge in [-0.15, -0.1) is 0 Å². The Balaban J connectivity index is 1.49. The predicted molar refractivity (Wildman–Crippen MR) is 109 cm³/mol. The number of fused-ring (bicyclic) bond motifs is 1. The minimum Gasteiger partial charge on any atom is -0.493 e. The molecule has 2 saturated heterocycles. The van der Waals surface area contributed by atoms with Crippen LogP contribution in [0.4, 0.5) is 22.0 Å². The lowest BCUT2D eigenvalue weighted by atomic mass is 9.81. The number of carbonyl (C=O) groups excluding carboxylic acids is 1. The highest BCUT2D eigenvalue weighted by Crippen LogP contribution is 2.44. The number of halogens is 5. The van der Waals surface area contributed by atoms with E-state index in [0.717, 1.165) is 18.2 Å². The van der Waals surface area contributed by atoms with Crippen molar-refractivity contribution >= 4 is 5.91 Å². The molecule has 0 aromatic heterocycles. The number of hydrogen-bond acceptors (Lipinski definition) is 5. The number of ether oxygens (including phenoxy) is 4. The van der Waals surface area contributed by atoms with Gasteiger partial charge in [0.2, 0.25) is 0 Å². The molecule has 11 heteroatoms. The van der Waals surface area contributed by atoms with Crippen LogP contribution in [0.15, 0.2) is 36.4 Å². The molecule has 2 aromatic rings. The maximum atomic E-state index is 14.5. The molecule has 0 saturated carbocycles. The van der Waals surface area contributed by atoms with Gasteiger partial charge in [0.1, 0.15) is 30.1 Å². The van der Waals surface area contributed by atoms with Crippen LogP contribution in [0, 0.1) is 11.6 Å². The highest BCUT2D eigenvalue weighted by atomic mass is 19.4. The molecule has 2 fully saturated rings. The molecule has 2 aliphatic heterocycles. The van der Waals surface area contributed by atoms with Crippen molar-refractivity contribution in [1.82, 2.24) is 4.90 Å². The summed E-state index contributed by atoms with van der Waals surface area (Å²) in [4.78, 5) is 14.6. The first-order chi connectivity index (χ1) is 16.1. The van der Waals surface area contributed by atoms with Crippen molar-refractivity contribution in [3.8, 4) is 11.5 Å². The highest BCUT2D eigenvalue weighted by Gasteiger charge is 2.52. The van der Waals surface area contributed by atoms with E-state index in [9.17, 15) is 26.7 Å². The van der Waals surface area contributed by atoms with E-state index in [2.05, 4.69) is 0 Å². The first kappa shape index (κ1) is 24.2. The molecular formula is C23H22F5NO5. The molecule has 1 unspecified atom stereocenters. The number of hydrogen-bond donors (Lipinski definition) is 0. The van der Waals surface area contributed by atoms with Crippen molar-refractivity contribution in [3.63, 3.8) is 0 Å². The largest absolute Gasteiger partial charge is 0.493 e. The standard InChI is InChI=1S/C23H22F5NO5/c1-31-19-10-14(2-5-18(19)32-9-7-23(26,27)28)21(30)29-8-6-22(20(12-29)33-13-34-22)16-11-15(24)3-4-17(16)25/h2-5,10-11,20H,6-9,12-13H2,1H3/t20?,22-/m1/s1. The Hall–Kier alpha value is -2.92. The van der Waals surface area contributed by atoms with Gasteiger partial charge in [0.15, 0.2) is 11.5 Å². The molecule has 2 aromatic carbocycles. The van der Waals surface area contributed by atoms with Gasteiger partial charge in [-0.1, -0.05) is 0 Å². The van der Waals surface area contributed by atoms with E-state index < -0.39 is 42.5 Å². The van der Waals surface area contributed by atoms with Gasteiger partial charge >= 0.3 is 6.18 Å². The molecule has 2 heterocycles. The van der Waals surface area contributed by atoms with E-state index in [-0.39, 0.29) is 54.8 Å². The van der Waals surface area contributed by atoms with Crippen LogP contribution in [0.1, 0.15) is 28.8 Å². The van der Waals surface area contributed by atoms with Crippen molar-refractivity contribution in [3.05, 3.63) is 59.2 Å². The number of carbonyl (C=O) groups is 1. The summed E-state index contributed by atoms with van der Waals surface area (Å²) < 4.78 is 87.1. The Kier molecular flexibility index (Phi) is 6.68. The zero-order valence-electron chi connectivity index (χ0n) is 18.2. The number of benzene rings is 2. The molecule has 6 nitrogen and oxygen atoms in total. The molecule has 0 radical (unpaired) electrons. The van der Waals surface area contributed by atoms with E-state index in [0.29, 0.717) is 0 Å². The van der Waals surface area contributed by atoms with Crippen molar-refractivity contribution in [2.75, 3.05) is 33.6 Å². The second-order valence-corrected chi connectivity index (χ2v) is 8.01. The maximum absolute atomic E-state index is 14.5. The minimum atomic E-state index is -4.35. The lowest BCUT2D eigenvalue weighted by Crippen LogP contribution is -2.53. The predicted octanol–water partition coefficient (Wildman–Crippen LogP) is 4.42. The summed E-state index contributed by atoms with van der Waals surface area (Å²) >= 11 is 0. The third kappa shape index (κ3) is 4.80. The van der Waals surface area contributed by atoms with Gasteiger partial charge in [-0.3, -0.25) is 4.79 Å². The molecule has 1 amide bonds. The lowest BCUT2D eigenvalue weighted by molar-refractivity contribution is -0.139. The van der Waals surface area contributed by atoms with Gasteiger partial charge < -0.3 is 23.8 Å². The van der Waals surface area contributed by atoms with Crippen molar-refractivity contribution in [1.29, 1.82) is 0 Å². The third-order valence-corrected chi connectivity index (χ3v) is 5.97. The Morgan fingerprint density at radius 3 is 2.71 bits per heavy atom. The number of alkyl halides is 3. The maximum Gasteiger partial charge on any atom is 0.392 e. The van der Waals surface area contributed by atoms with Gasteiger partial charge in [-0.05, 0) is 36.4 Å². The van der Waals surface area contributed by atoms with Gasteiger partial charge in [-0.2, -0.15) is 13.2 Å². The highest BCUT2D eigenvalue weighted by molar-refractivity contribution is 5.95. The molecule has 0 bridgehead atoms. The van der Waals surface area contributed by atoms with Crippen molar-refractivity contribution in [2.24, 2.45) is 0 Å². The van der Waals surface area contributed by atoms with Crippen LogP contribution in [-0.2, 0) is 15.1 Å².